The van der Waals surface area contributed by atoms with Crippen molar-refractivity contribution in [3.63, 3.8) is 0 Å². The van der Waals surface area contributed by atoms with E-state index in [1.807, 2.05) is 0 Å². The van der Waals surface area contributed by atoms with Crippen LogP contribution in [0.5, 0.6) is 0 Å². The molecule has 0 spiro atoms. The first kappa shape index (κ1) is 21.0. The Hall–Kier alpha value is -5.02. The van der Waals surface area contributed by atoms with Crippen molar-refractivity contribution in [1.82, 2.24) is 4.57 Å². The maximum atomic E-state index is 2.59. The van der Waals surface area contributed by atoms with Gasteiger partial charge in [-0.05, 0) is 52.4 Å². The molecule has 1 aromatic heterocycles. The minimum Gasteiger partial charge on any atom is -0.376 e. The maximum absolute atomic E-state index is 2.59. The van der Waals surface area contributed by atoms with Gasteiger partial charge in [-0.2, -0.15) is 0 Å². The molecule has 0 radical (unpaired) electrons. The van der Waals surface area contributed by atoms with E-state index in [4.69, 9.17) is 0 Å². The monoisotopic (exact) mass is 494 g/mol. The lowest BCUT2D eigenvalue weighted by Crippen LogP contribution is -2.59. The molecule has 3 heteroatoms. The zero-order valence-corrected chi connectivity index (χ0v) is 21.3. The molecule has 0 atom stereocenters. The highest BCUT2D eigenvalue weighted by molar-refractivity contribution is 6.92. The Morgan fingerprint density at radius 2 is 1.08 bits per heavy atom. The summed E-state index contributed by atoms with van der Waals surface area (Å²) in [6.45, 7) is 0.117. The second-order valence-corrected chi connectivity index (χ2v) is 10.5. The van der Waals surface area contributed by atoms with Gasteiger partial charge in [-0.1, -0.05) is 109 Å². The number of hydrogen-bond acceptors (Lipinski definition) is 1. The predicted molar refractivity (Wildman–Crippen MR) is 165 cm³/mol. The fraction of sp³-hybridized carbons (Fsp3) is 0. The highest BCUT2D eigenvalue weighted by atomic mass is 15.1. The fourth-order valence-corrected chi connectivity index (χ4v) is 7.07. The molecule has 0 saturated carbocycles. The quantitative estimate of drug-likeness (QED) is 0.213. The molecule has 0 bridgehead atoms. The van der Waals surface area contributed by atoms with Crippen molar-refractivity contribution in [2.45, 2.75) is 0 Å². The molecular weight excluding hydrogens is 471 g/mol. The van der Waals surface area contributed by atoms with Gasteiger partial charge in [0.15, 0.2) is 0 Å². The summed E-state index contributed by atoms with van der Waals surface area (Å²) in [5.74, 6) is 0. The number of nitrogens with zero attached hydrogens (tertiary/aromatic N) is 2. The van der Waals surface area contributed by atoms with Crippen molar-refractivity contribution >= 4 is 51.0 Å². The van der Waals surface area contributed by atoms with Crippen molar-refractivity contribution in [2.75, 3.05) is 4.81 Å². The van der Waals surface area contributed by atoms with Crippen LogP contribution in [0.15, 0.2) is 140 Å². The average Bonchev–Trinajstić information content (AvgIpc) is 3.35. The van der Waals surface area contributed by atoms with Crippen LogP contribution in [0.3, 0.4) is 0 Å². The maximum Gasteiger partial charge on any atom is 0.329 e. The van der Waals surface area contributed by atoms with Crippen molar-refractivity contribution in [3.05, 3.63) is 140 Å². The van der Waals surface area contributed by atoms with Crippen LogP contribution in [0.4, 0.5) is 11.4 Å². The van der Waals surface area contributed by atoms with Gasteiger partial charge in [0.05, 0.1) is 11.0 Å². The third-order valence-corrected chi connectivity index (χ3v) is 8.58. The number of aromatic nitrogens is 1. The molecule has 9 rings (SSSR count). The van der Waals surface area contributed by atoms with Gasteiger partial charge < -0.3 is 9.38 Å². The molecule has 6 aromatic carbocycles. The van der Waals surface area contributed by atoms with Crippen LogP contribution in [-0.2, 0) is 0 Å². The Kier molecular flexibility index (Phi) is 4.17. The number of benzene rings is 6. The zero-order valence-electron chi connectivity index (χ0n) is 21.3. The summed E-state index contributed by atoms with van der Waals surface area (Å²) in [5, 5.41) is 2.57. The third kappa shape index (κ3) is 2.72. The fourth-order valence-electron chi connectivity index (χ4n) is 7.07. The van der Waals surface area contributed by atoms with E-state index in [0.29, 0.717) is 0 Å². The van der Waals surface area contributed by atoms with E-state index in [9.17, 15) is 0 Å². The first-order chi connectivity index (χ1) is 19.4. The van der Waals surface area contributed by atoms with Crippen molar-refractivity contribution in [3.8, 4) is 27.9 Å². The molecular formula is C36H23BN2. The van der Waals surface area contributed by atoms with Gasteiger partial charge in [-0.25, -0.2) is 0 Å². The van der Waals surface area contributed by atoms with Crippen LogP contribution in [0.2, 0.25) is 0 Å². The number of rotatable bonds is 1. The minimum atomic E-state index is 0.117. The average molecular weight is 494 g/mol. The standard InChI is InChI=1S/C36H23BN2/c1-2-12-24(13-3-1)38-32-20-10-6-16-27(32)28-22-23-34-35(36(28)38)29-17-5-9-19-31(29)37-30-18-8-4-14-25(30)26-15-7-11-21-33(26)39(34)37/h1-23H. The Balaban J connectivity index is 1.48. The summed E-state index contributed by atoms with van der Waals surface area (Å²) in [4.78, 5) is 2.59. The minimum absolute atomic E-state index is 0.117. The number of para-hydroxylation sites is 3. The summed E-state index contributed by atoms with van der Waals surface area (Å²) in [5.41, 5.74) is 14.1. The van der Waals surface area contributed by atoms with Crippen molar-refractivity contribution < 1.29 is 0 Å². The van der Waals surface area contributed by atoms with E-state index < -0.39 is 0 Å². The van der Waals surface area contributed by atoms with Crippen molar-refractivity contribution in [1.29, 1.82) is 0 Å². The molecule has 0 amide bonds. The largest absolute Gasteiger partial charge is 0.376 e. The summed E-state index contributed by atoms with van der Waals surface area (Å²) in [6.07, 6.45) is 0. The lowest BCUT2D eigenvalue weighted by atomic mass is 9.43. The van der Waals surface area contributed by atoms with Crippen molar-refractivity contribution in [2.24, 2.45) is 0 Å². The Labute approximate surface area is 227 Å². The van der Waals surface area contributed by atoms with Crippen LogP contribution in [0.1, 0.15) is 0 Å². The van der Waals surface area contributed by atoms with E-state index in [1.54, 1.807) is 0 Å². The normalized spacial score (nSPS) is 13.0. The first-order valence-corrected chi connectivity index (χ1v) is 13.6. The molecule has 0 aliphatic carbocycles. The van der Waals surface area contributed by atoms with Crippen LogP contribution < -0.4 is 15.7 Å². The van der Waals surface area contributed by atoms with E-state index in [0.717, 1.165) is 0 Å². The third-order valence-electron chi connectivity index (χ3n) is 8.58. The SMILES string of the molecule is c1ccc(-n2c3ccccc3c3ccc4c(c32)-c2ccccc2B2c3ccccc3-c3ccccc3N24)cc1. The molecule has 180 valence electrons. The molecule has 2 nitrogen and oxygen atoms in total. The molecule has 39 heavy (non-hydrogen) atoms. The molecule has 0 unspecified atom stereocenters. The van der Waals surface area contributed by atoms with Crippen LogP contribution in [0.25, 0.3) is 49.7 Å². The topological polar surface area (TPSA) is 8.17 Å². The second kappa shape index (κ2) is 7.75. The summed E-state index contributed by atoms with van der Waals surface area (Å²) >= 11 is 0. The van der Waals surface area contributed by atoms with Gasteiger partial charge >= 0.3 is 6.85 Å². The van der Waals surface area contributed by atoms with Gasteiger partial charge in [-0.15, -0.1) is 0 Å². The Bertz CT molecular complexity index is 2090. The molecule has 0 fully saturated rings. The predicted octanol–water partition coefficient (Wildman–Crippen LogP) is 7.69. The Morgan fingerprint density at radius 1 is 0.436 bits per heavy atom. The number of fused-ring (bicyclic) bond motifs is 15. The van der Waals surface area contributed by atoms with Crippen LogP contribution in [-0.4, -0.2) is 11.4 Å². The van der Waals surface area contributed by atoms with Gasteiger partial charge in [0.25, 0.3) is 0 Å². The molecule has 2 aliphatic rings. The molecule has 0 N–H and O–H groups in total. The molecule has 2 aliphatic heterocycles. The Morgan fingerprint density at radius 3 is 1.92 bits per heavy atom. The van der Waals surface area contributed by atoms with Gasteiger partial charge in [-0.3, -0.25) is 0 Å². The lowest BCUT2D eigenvalue weighted by molar-refractivity contribution is 1.18. The van der Waals surface area contributed by atoms with E-state index in [2.05, 4.69) is 149 Å². The first-order valence-electron chi connectivity index (χ1n) is 13.6. The van der Waals surface area contributed by atoms with E-state index in [-0.39, 0.29) is 6.85 Å². The molecule has 7 aromatic rings. The van der Waals surface area contributed by atoms with Gasteiger partial charge in [0, 0.05) is 39.0 Å². The smallest absolute Gasteiger partial charge is 0.329 e. The summed E-state index contributed by atoms with van der Waals surface area (Å²) in [7, 11) is 0. The number of anilines is 2. The van der Waals surface area contributed by atoms with Crippen LogP contribution in [0, 0.1) is 0 Å². The van der Waals surface area contributed by atoms with E-state index >= 15 is 0 Å². The highest BCUT2D eigenvalue weighted by Gasteiger charge is 2.42. The highest BCUT2D eigenvalue weighted by Crippen LogP contribution is 2.49. The second-order valence-electron chi connectivity index (χ2n) is 10.5. The molecule has 0 saturated heterocycles. The van der Waals surface area contributed by atoms with Crippen LogP contribution >= 0.6 is 0 Å². The van der Waals surface area contributed by atoms with Gasteiger partial charge in [0.2, 0.25) is 0 Å². The molecule has 3 heterocycles. The number of hydrogen-bond donors (Lipinski definition) is 0. The lowest BCUT2D eigenvalue weighted by Gasteiger charge is -2.43. The summed E-state index contributed by atoms with van der Waals surface area (Å²) in [6, 6.07) is 51.1. The zero-order chi connectivity index (χ0) is 25.5. The van der Waals surface area contributed by atoms with E-state index in [1.165, 1.54) is 72.0 Å². The van der Waals surface area contributed by atoms with Gasteiger partial charge in [0.1, 0.15) is 0 Å². The summed E-state index contributed by atoms with van der Waals surface area (Å²) < 4.78 is 2.46.